The molecule has 0 bridgehead atoms. The number of thiazole rings is 1. The minimum absolute atomic E-state index is 0.0144. The first-order valence-corrected chi connectivity index (χ1v) is 13.2. The van der Waals surface area contributed by atoms with E-state index in [4.69, 9.17) is 0 Å². The van der Waals surface area contributed by atoms with Crippen LogP contribution in [0.1, 0.15) is 41.6 Å². The van der Waals surface area contributed by atoms with Gasteiger partial charge in [0.1, 0.15) is 5.52 Å². The summed E-state index contributed by atoms with van der Waals surface area (Å²) in [5, 5.41) is 4.69. The Morgan fingerprint density at radius 3 is 2.83 bits per heavy atom. The van der Waals surface area contributed by atoms with Gasteiger partial charge in [-0.05, 0) is 43.7 Å². The Morgan fingerprint density at radius 1 is 1.23 bits per heavy atom. The number of aromatic amines is 1. The third-order valence-corrected chi connectivity index (χ3v) is 7.88. The van der Waals surface area contributed by atoms with Crippen molar-refractivity contribution in [1.82, 2.24) is 20.2 Å². The molecule has 1 atom stereocenters. The van der Waals surface area contributed by atoms with Gasteiger partial charge in [-0.1, -0.05) is 38.0 Å². The number of aromatic nitrogens is 2. The molecular weight excluding hydrogens is 461 g/mol. The molecule has 35 heavy (non-hydrogen) atoms. The molecule has 5 rings (SSSR count). The number of para-hydroxylation sites is 1. The zero-order valence-electron chi connectivity index (χ0n) is 20.3. The summed E-state index contributed by atoms with van der Waals surface area (Å²) in [4.78, 5) is 25.4. The lowest BCUT2D eigenvalue weighted by Gasteiger charge is -2.34. The van der Waals surface area contributed by atoms with Crippen LogP contribution in [0, 0.1) is 5.82 Å². The van der Waals surface area contributed by atoms with Gasteiger partial charge in [0.05, 0.1) is 4.70 Å². The number of fused-ring (bicyclic) bond motifs is 2. The van der Waals surface area contributed by atoms with E-state index < -0.39 is 0 Å². The van der Waals surface area contributed by atoms with Gasteiger partial charge in [-0.25, -0.2) is 9.37 Å². The Balaban J connectivity index is 1.35. The number of likely N-dealkylation sites (N-methyl/N-ethyl adjacent to an activating group) is 1. The van der Waals surface area contributed by atoms with Crippen molar-refractivity contribution in [2.24, 2.45) is 0 Å². The summed E-state index contributed by atoms with van der Waals surface area (Å²) in [5.41, 5.74) is 3.42. The topological polar surface area (TPSA) is 64.3 Å². The van der Waals surface area contributed by atoms with Crippen molar-refractivity contribution in [2.75, 3.05) is 38.1 Å². The van der Waals surface area contributed by atoms with E-state index in [1.54, 1.807) is 6.07 Å². The molecule has 1 amide bonds. The van der Waals surface area contributed by atoms with Gasteiger partial charge in [0.25, 0.3) is 5.91 Å². The highest BCUT2D eigenvalue weighted by Gasteiger charge is 2.22. The number of H-pyrrole nitrogens is 1. The van der Waals surface area contributed by atoms with Crippen molar-refractivity contribution < 1.29 is 9.18 Å². The highest BCUT2D eigenvalue weighted by atomic mass is 32.1. The maximum absolute atomic E-state index is 15.0. The number of nitrogens with one attached hydrogen (secondary N) is 2. The van der Waals surface area contributed by atoms with Crippen LogP contribution in [0.2, 0.25) is 0 Å². The first-order chi connectivity index (χ1) is 17.0. The molecule has 0 saturated carbocycles. The summed E-state index contributed by atoms with van der Waals surface area (Å²) in [6, 6.07) is 11.7. The first kappa shape index (κ1) is 23.8. The van der Waals surface area contributed by atoms with Gasteiger partial charge in [-0.2, -0.15) is 0 Å². The lowest BCUT2D eigenvalue weighted by molar-refractivity contribution is 0.0934. The lowest BCUT2D eigenvalue weighted by atomic mass is 10.0. The molecule has 184 valence electrons. The predicted octanol–water partition coefficient (Wildman–Crippen LogP) is 5.20. The van der Waals surface area contributed by atoms with Crippen LogP contribution in [0.5, 0.6) is 0 Å². The van der Waals surface area contributed by atoms with Crippen molar-refractivity contribution in [3.05, 3.63) is 59.0 Å². The minimum Gasteiger partial charge on any atom is -0.369 e. The molecule has 1 aliphatic heterocycles. The maximum atomic E-state index is 15.0. The van der Waals surface area contributed by atoms with Crippen LogP contribution in [0.25, 0.3) is 21.1 Å². The second-order valence-corrected chi connectivity index (χ2v) is 10.5. The van der Waals surface area contributed by atoms with Crippen molar-refractivity contribution in [1.29, 1.82) is 0 Å². The lowest BCUT2D eigenvalue weighted by Crippen LogP contribution is -2.44. The Morgan fingerprint density at radius 2 is 2.03 bits per heavy atom. The Bertz CT molecular complexity index is 1320. The fraction of sp³-hybridized carbons (Fsp3) is 0.407. The number of hydrogen-bond acceptors (Lipinski definition) is 5. The van der Waals surface area contributed by atoms with Crippen LogP contribution in [0.4, 0.5) is 10.1 Å². The van der Waals surface area contributed by atoms with E-state index in [2.05, 4.69) is 51.2 Å². The molecule has 1 fully saturated rings. The summed E-state index contributed by atoms with van der Waals surface area (Å²) < 4.78 is 15.7. The van der Waals surface area contributed by atoms with Crippen molar-refractivity contribution in [2.45, 2.75) is 38.6 Å². The summed E-state index contributed by atoms with van der Waals surface area (Å²) in [7, 11) is 2.10. The van der Waals surface area contributed by atoms with E-state index in [-0.39, 0.29) is 23.3 Å². The van der Waals surface area contributed by atoms with Crippen LogP contribution in [-0.2, 0) is 6.42 Å². The molecule has 0 spiro atoms. The van der Waals surface area contributed by atoms with Crippen molar-refractivity contribution >= 4 is 44.1 Å². The monoisotopic (exact) mass is 493 g/mol. The summed E-state index contributed by atoms with van der Waals surface area (Å²) in [6.45, 7) is 5.77. The van der Waals surface area contributed by atoms with E-state index >= 15 is 0 Å². The third kappa shape index (κ3) is 5.18. The van der Waals surface area contributed by atoms with Gasteiger partial charge in [0.15, 0.2) is 10.8 Å². The molecule has 2 N–H and O–H groups in total. The molecule has 2 aromatic carbocycles. The first-order valence-electron chi connectivity index (χ1n) is 12.4. The molecule has 1 aliphatic rings. The number of carbonyl (C=O) groups is 1. The van der Waals surface area contributed by atoms with Crippen LogP contribution in [0.15, 0.2) is 42.6 Å². The normalized spacial score (nSPS) is 15.7. The summed E-state index contributed by atoms with van der Waals surface area (Å²) in [5.74, 6) is -0.597. The second kappa shape index (κ2) is 10.3. The Hall–Kier alpha value is -2.97. The largest absolute Gasteiger partial charge is 0.369 e. The maximum Gasteiger partial charge on any atom is 0.280 e. The van der Waals surface area contributed by atoms with Gasteiger partial charge < -0.3 is 20.1 Å². The zero-order valence-corrected chi connectivity index (χ0v) is 21.1. The highest BCUT2D eigenvalue weighted by Crippen LogP contribution is 2.30. The van der Waals surface area contributed by atoms with Crippen LogP contribution in [0.3, 0.4) is 0 Å². The quantitative estimate of drug-likeness (QED) is 0.354. The van der Waals surface area contributed by atoms with E-state index in [9.17, 15) is 9.18 Å². The van der Waals surface area contributed by atoms with Gasteiger partial charge in [0, 0.05) is 55.0 Å². The van der Waals surface area contributed by atoms with Crippen LogP contribution >= 0.6 is 11.3 Å². The molecule has 0 aliphatic carbocycles. The van der Waals surface area contributed by atoms with Crippen molar-refractivity contribution in [3.8, 4) is 0 Å². The zero-order chi connectivity index (χ0) is 24.4. The smallest absolute Gasteiger partial charge is 0.280 e. The number of benzene rings is 2. The van der Waals surface area contributed by atoms with E-state index in [0.29, 0.717) is 9.71 Å². The number of carbonyl (C=O) groups excluding carboxylic acids is 1. The molecule has 4 aromatic rings. The Labute approximate surface area is 209 Å². The molecule has 8 heteroatoms. The van der Waals surface area contributed by atoms with Gasteiger partial charge >= 0.3 is 0 Å². The molecule has 0 radical (unpaired) electrons. The number of anilines is 1. The SMILES string of the molecule is CCCCC(Cc1c[nH]c2ccccc12)NC(=O)c1nc2c(F)cc(N3CCN(C)CC3)cc2s1. The number of unbranched alkanes of at least 4 members (excludes halogenated alkanes) is 1. The van der Waals surface area contributed by atoms with Gasteiger partial charge in [-0.15, -0.1) is 11.3 Å². The van der Waals surface area contributed by atoms with E-state index in [1.165, 1.54) is 22.3 Å². The second-order valence-electron chi connectivity index (χ2n) is 9.46. The Kier molecular flexibility index (Phi) is 7.02. The highest BCUT2D eigenvalue weighted by molar-refractivity contribution is 7.20. The number of hydrogen-bond donors (Lipinski definition) is 2. The molecule has 1 saturated heterocycles. The van der Waals surface area contributed by atoms with Crippen molar-refractivity contribution in [3.63, 3.8) is 0 Å². The average molecular weight is 494 g/mol. The van der Waals surface area contributed by atoms with Gasteiger partial charge in [-0.3, -0.25) is 4.79 Å². The molecule has 6 nitrogen and oxygen atoms in total. The van der Waals surface area contributed by atoms with Crippen LogP contribution in [-0.4, -0.2) is 60.0 Å². The molecule has 1 unspecified atom stereocenters. The summed E-state index contributed by atoms with van der Waals surface area (Å²) in [6.07, 6.45) is 5.73. The molecular formula is C27H32FN5OS. The number of nitrogens with zero attached hydrogens (tertiary/aromatic N) is 3. The minimum atomic E-state index is -0.368. The van der Waals surface area contributed by atoms with Gasteiger partial charge in [0.2, 0.25) is 0 Å². The standard InChI is InChI=1S/C27H32FN5OS/c1-3-4-7-19(14-18-17-29-23-9-6-5-8-21(18)23)30-26(34)27-31-25-22(28)15-20(16-24(25)35-27)33-12-10-32(2)11-13-33/h5-6,8-9,15-17,19,29H,3-4,7,10-14H2,1-2H3,(H,30,34). The molecule has 3 heterocycles. The number of piperazine rings is 1. The fourth-order valence-electron chi connectivity index (χ4n) is 4.81. The number of rotatable bonds is 8. The number of amides is 1. The fourth-order valence-corrected chi connectivity index (χ4v) is 5.72. The predicted molar refractivity (Wildman–Crippen MR) is 142 cm³/mol. The van der Waals surface area contributed by atoms with Crippen LogP contribution < -0.4 is 10.2 Å². The van der Waals surface area contributed by atoms with E-state index in [0.717, 1.165) is 63.1 Å². The molecule has 2 aromatic heterocycles. The summed E-state index contributed by atoms with van der Waals surface area (Å²) >= 11 is 1.27. The third-order valence-electron chi connectivity index (χ3n) is 6.88. The van der Waals surface area contributed by atoms with E-state index in [1.807, 2.05) is 24.4 Å². The number of halogens is 1. The average Bonchev–Trinajstić information content (AvgIpc) is 3.48.